The van der Waals surface area contributed by atoms with Crippen LogP contribution in [-0.2, 0) is 25.4 Å². The molecule has 2 heterocycles. The highest BCUT2D eigenvalue weighted by molar-refractivity contribution is 5.95. The van der Waals surface area contributed by atoms with E-state index in [2.05, 4.69) is 10.6 Å². The van der Waals surface area contributed by atoms with Crippen molar-refractivity contribution in [2.75, 3.05) is 40.9 Å². The summed E-state index contributed by atoms with van der Waals surface area (Å²) in [6, 6.07) is 5.83. The fraction of sp³-hybridized carbons (Fsp3) is 0.500. The minimum absolute atomic E-state index is 0.0431. The first-order valence-electron chi connectivity index (χ1n) is 14.0. The molecule has 0 fully saturated rings. The second kappa shape index (κ2) is 15.1. The van der Waals surface area contributed by atoms with Crippen molar-refractivity contribution in [3.05, 3.63) is 46.5 Å². The quantitative estimate of drug-likeness (QED) is 0.225. The van der Waals surface area contributed by atoms with E-state index in [1.54, 1.807) is 25.8 Å². The van der Waals surface area contributed by atoms with E-state index >= 15 is 0 Å². The van der Waals surface area contributed by atoms with Crippen molar-refractivity contribution in [2.24, 2.45) is 14.1 Å². The summed E-state index contributed by atoms with van der Waals surface area (Å²) >= 11 is 0. The molecule has 0 saturated heterocycles. The Morgan fingerprint density at radius 1 is 0.927 bits per heavy atom. The first-order chi connectivity index (χ1) is 19.7. The summed E-state index contributed by atoms with van der Waals surface area (Å²) in [6.45, 7) is 1.80. The van der Waals surface area contributed by atoms with Gasteiger partial charge < -0.3 is 34.3 Å². The number of rotatable bonds is 16. The van der Waals surface area contributed by atoms with Crippen molar-refractivity contribution in [2.45, 2.75) is 45.1 Å². The van der Waals surface area contributed by atoms with E-state index in [-0.39, 0.29) is 18.0 Å². The molecule has 3 aromatic rings. The predicted octanol–water partition coefficient (Wildman–Crippen LogP) is 3.72. The predicted molar refractivity (Wildman–Crippen MR) is 160 cm³/mol. The smallest absolute Gasteiger partial charge is 0.404 e. The van der Waals surface area contributed by atoms with Gasteiger partial charge in [0.05, 0.1) is 26.3 Å². The number of hydrogen-bond acceptors (Lipinski definition) is 6. The number of benzene rings is 1. The minimum Gasteiger partial charge on any atom is -0.496 e. The van der Waals surface area contributed by atoms with Crippen molar-refractivity contribution < 1.29 is 24.2 Å². The molecule has 0 radical (unpaired) electrons. The number of hydrogen-bond donors (Lipinski definition) is 3. The molecule has 3 N–H and O–H groups in total. The summed E-state index contributed by atoms with van der Waals surface area (Å²) < 4.78 is 14.9. The lowest BCUT2D eigenvalue weighted by atomic mass is 10.00. The molecule has 224 valence electrons. The van der Waals surface area contributed by atoms with Gasteiger partial charge in [-0.05, 0) is 43.7 Å². The van der Waals surface area contributed by atoms with E-state index in [1.165, 1.54) is 0 Å². The van der Waals surface area contributed by atoms with Gasteiger partial charge in [0.1, 0.15) is 17.0 Å². The van der Waals surface area contributed by atoms with Crippen LogP contribution in [0.5, 0.6) is 11.5 Å². The molecule has 0 atom stereocenters. The average Bonchev–Trinajstić information content (AvgIpc) is 3.33. The highest BCUT2D eigenvalue weighted by Crippen LogP contribution is 2.37. The Bertz CT molecular complexity index is 1370. The number of likely N-dealkylation sites (N-methyl/N-ethyl adjacent to an activating group) is 1. The third-order valence-corrected chi connectivity index (χ3v) is 7.17. The van der Waals surface area contributed by atoms with E-state index in [0.29, 0.717) is 36.6 Å². The zero-order chi connectivity index (χ0) is 29.9. The third-order valence-electron chi connectivity index (χ3n) is 7.17. The average molecular weight is 570 g/mol. The van der Waals surface area contributed by atoms with E-state index in [1.807, 2.05) is 54.2 Å². The molecule has 0 aliphatic rings. The van der Waals surface area contributed by atoms with Crippen LogP contribution in [0.2, 0.25) is 0 Å². The SMILES string of the molecule is COc1cc(-c2cn(C)c(=O)c3c2ccn3C)cc(OC)c1CN(C)CC(=O)NCCCCCCCCNC(=O)O. The summed E-state index contributed by atoms with van der Waals surface area (Å²) in [5, 5.41) is 14.8. The summed E-state index contributed by atoms with van der Waals surface area (Å²) in [5.41, 5.74) is 3.17. The van der Waals surface area contributed by atoms with Gasteiger partial charge in [0.15, 0.2) is 0 Å². The first-order valence-corrected chi connectivity index (χ1v) is 14.0. The van der Waals surface area contributed by atoms with Crippen molar-refractivity contribution in [1.82, 2.24) is 24.7 Å². The lowest BCUT2D eigenvalue weighted by molar-refractivity contribution is -0.122. The zero-order valence-electron chi connectivity index (χ0n) is 24.8. The molecule has 3 rings (SSSR count). The van der Waals surface area contributed by atoms with Gasteiger partial charge in [-0.2, -0.15) is 0 Å². The molecule has 0 saturated carbocycles. The maximum Gasteiger partial charge on any atom is 0.404 e. The molecule has 0 aliphatic carbocycles. The van der Waals surface area contributed by atoms with Gasteiger partial charge in [0.25, 0.3) is 5.56 Å². The second-order valence-electron chi connectivity index (χ2n) is 10.4. The largest absolute Gasteiger partial charge is 0.496 e. The lowest BCUT2D eigenvalue weighted by Crippen LogP contribution is -2.35. The number of pyridine rings is 1. The molecule has 0 aliphatic heterocycles. The molecule has 1 aromatic carbocycles. The summed E-state index contributed by atoms with van der Waals surface area (Å²) in [5.74, 6) is 1.24. The molecular formula is C30H43N5O6. The van der Waals surface area contributed by atoms with Gasteiger partial charge in [0.2, 0.25) is 5.91 Å². The van der Waals surface area contributed by atoms with Gasteiger partial charge in [-0.15, -0.1) is 0 Å². The van der Waals surface area contributed by atoms with E-state index in [0.717, 1.165) is 60.6 Å². The molecular weight excluding hydrogens is 526 g/mol. The Morgan fingerprint density at radius 2 is 1.51 bits per heavy atom. The normalized spacial score (nSPS) is 11.2. The van der Waals surface area contributed by atoms with Crippen LogP contribution in [0.3, 0.4) is 0 Å². The fourth-order valence-corrected chi connectivity index (χ4v) is 5.03. The topological polar surface area (TPSA) is 127 Å². The number of ether oxygens (including phenoxy) is 2. The molecule has 0 unspecified atom stereocenters. The van der Waals surface area contributed by atoms with Crippen LogP contribution >= 0.6 is 0 Å². The fourth-order valence-electron chi connectivity index (χ4n) is 5.03. The van der Waals surface area contributed by atoms with Crippen molar-refractivity contribution in [1.29, 1.82) is 0 Å². The van der Waals surface area contributed by atoms with Crippen molar-refractivity contribution in [3.8, 4) is 22.6 Å². The Morgan fingerprint density at radius 3 is 2.10 bits per heavy atom. The molecule has 2 amide bonds. The monoisotopic (exact) mass is 569 g/mol. The lowest BCUT2D eigenvalue weighted by Gasteiger charge is -2.21. The number of amides is 2. The maximum absolute atomic E-state index is 12.7. The molecule has 0 spiro atoms. The Kier molecular flexibility index (Phi) is 11.6. The number of fused-ring (bicyclic) bond motifs is 1. The first kappa shape index (κ1) is 31.5. The maximum atomic E-state index is 12.7. The van der Waals surface area contributed by atoms with E-state index < -0.39 is 6.09 Å². The van der Waals surface area contributed by atoms with Gasteiger partial charge in [0, 0.05) is 57.1 Å². The molecule has 11 heteroatoms. The van der Waals surface area contributed by atoms with Crippen LogP contribution in [0.1, 0.15) is 44.1 Å². The van der Waals surface area contributed by atoms with Crippen LogP contribution in [-0.4, -0.2) is 72.0 Å². The summed E-state index contributed by atoms with van der Waals surface area (Å²) in [4.78, 5) is 37.6. The molecule has 0 bridgehead atoms. The van der Waals surface area contributed by atoms with Crippen LogP contribution < -0.4 is 25.7 Å². The van der Waals surface area contributed by atoms with Gasteiger partial charge in [-0.25, -0.2) is 4.79 Å². The molecule has 2 aromatic heterocycles. The number of aromatic nitrogens is 2. The van der Waals surface area contributed by atoms with Crippen LogP contribution in [0.25, 0.3) is 22.0 Å². The Hall–Kier alpha value is -3.99. The highest BCUT2D eigenvalue weighted by atomic mass is 16.5. The minimum atomic E-state index is -0.977. The van der Waals surface area contributed by atoms with Gasteiger partial charge in [-0.1, -0.05) is 25.7 Å². The highest BCUT2D eigenvalue weighted by Gasteiger charge is 2.19. The van der Waals surface area contributed by atoms with Crippen LogP contribution in [0.15, 0.2) is 35.4 Å². The number of aryl methyl sites for hydroxylation is 2. The van der Waals surface area contributed by atoms with Gasteiger partial charge >= 0.3 is 6.09 Å². The van der Waals surface area contributed by atoms with Crippen LogP contribution in [0.4, 0.5) is 4.79 Å². The zero-order valence-corrected chi connectivity index (χ0v) is 24.8. The summed E-state index contributed by atoms with van der Waals surface area (Å²) in [7, 11) is 8.71. The second-order valence-corrected chi connectivity index (χ2v) is 10.4. The Balaban J connectivity index is 1.57. The van der Waals surface area contributed by atoms with Crippen molar-refractivity contribution in [3.63, 3.8) is 0 Å². The number of carboxylic acid groups (broad SMARTS) is 1. The number of methoxy groups -OCH3 is 2. The van der Waals surface area contributed by atoms with E-state index in [4.69, 9.17) is 14.6 Å². The molecule has 11 nitrogen and oxygen atoms in total. The Labute approximate surface area is 241 Å². The summed E-state index contributed by atoms with van der Waals surface area (Å²) in [6.07, 6.45) is 8.62. The number of unbranched alkanes of at least 4 members (excludes halogenated alkanes) is 5. The van der Waals surface area contributed by atoms with Crippen LogP contribution in [0, 0.1) is 0 Å². The van der Waals surface area contributed by atoms with Gasteiger partial charge in [-0.3, -0.25) is 14.5 Å². The van der Waals surface area contributed by atoms with E-state index in [9.17, 15) is 14.4 Å². The number of nitrogens with zero attached hydrogens (tertiary/aromatic N) is 3. The van der Waals surface area contributed by atoms with Crippen molar-refractivity contribution >= 4 is 22.9 Å². The third kappa shape index (κ3) is 8.50. The number of carbonyl (C=O) groups excluding carboxylic acids is 1. The molecule has 41 heavy (non-hydrogen) atoms. The number of carbonyl (C=O) groups is 2. The standard InChI is InChI=1S/C30H43N5O6/c1-33(20-27(36)31-13-10-8-6-7-9-11-14-32-30(38)39)18-24-25(40-4)16-21(17-26(24)41-5)23-19-35(3)29(37)28-22(23)12-15-34(28)2/h12,15-17,19,32H,6-11,13-14,18,20H2,1-5H3,(H,31,36)(H,38,39). The number of nitrogens with one attached hydrogen (secondary N) is 2.